The van der Waals surface area contributed by atoms with Crippen molar-refractivity contribution < 1.29 is 24.9 Å². The Kier molecular flexibility index (Phi) is 5.03. The van der Waals surface area contributed by atoms with Gasteiger partial charge in [-0.1, -0.05) is 34.6 Å². The number of carbonyl (C=O) groups is 2. The van der Waals surface area contributed by atoms with Gasteiger partial charge in [0.05, 0.1) is 6.10 Å². The Hall–Kier alpha value is -1.04. The molecule has 5 aliphatic rings. The maximum absolute atomic E-state index is 12.8. The van der Waals surface area contributed by atoms with Crippen LogP contribution in [0.3, 0.4) is 0 Å². The molecule has 3 N–H and O–H groups in total. The molecular weight excluding hydrogens is 416 g/mol. The average molecular weight is 459 g/mol. The Morgan fingerprint density at radius 1 is 0.758 bits per heavy atom. The van der Waals surface area contributed by atoms with Crippen LogP contribution in [0.4, 0.5) is 0 Å². The highest BCUT2D eigenvalue weighted by Crippen LogP contribution is 2.76. The molecule has 0 radical (unpaired) electrons. The van der Waals surface area contributed by atoms with Crippen LogP contribution in [0.25, 0.3) is 0 Å². The Balaban J connectivity index is 1.60. The summed E-state index contributed by atoms with van der Waals surface area (Å²) in [4.78, 5) is 25.3. The largest absolute Gasteiger partial charge is 0.389 e. The standard InChI is InChI=1S/C28H42O5/c1-14-11-19-26(4,24(33)22(14)31)8-10-28(6)20-13-17(29)21-15(2)23(32)18(30)12-16(21)25(20,3)7-9-27(19,28)5/h14,16-20,24,29-30,33H,7-13H2,1-6H3. The monoisotopic (exact) mass is 458 g/mol. The number of Topliss-reactive ketones (excluding diaryl/α,β-unsaturated/α-hetero) is 2. The molecule has 0 aromatic carbocycles. The molecule has 0 saturated heterocycles. The van der Waals surface area contributed by atoms with Crippen molar-refractivity contribution in [1.29, 1.82) is 0 Å². The van der Waals surface area contributed by atoms with E-state index in [-0.39, 0.29) is 51.5 Å². The van der Waals surface area contributed by atoms with Crippen LogP contribution in [0.2, 0.25) is 0 Å². The Labute approximate surface area is 198 Å². The molecule has 0 spiro atoms. The third-order valence-electron chi connectivity index (χ3n) is 12.3. The van der Waals surface area contributed by atoms with E-state index >= 15 is 0 Å². The second kappa shape index (κ2) is 7.01. The lowest BCUT2D eigenvalue weighted by atomic mass is 9.31. The van der Waals surface area contributed by atoms with E-state index in [0.717, 1.165) is 37.7 Å². The molecule has 0 heterocycles. The number of hydrogen-bond donors (Lipinski definition) is 3. The number of hydrogen-bond acceptors (Lipinski definition) is 5. The minimum Gasteiger partial charge on any atom is -0.389 e. The fraction of sp³-hybridized carbons (Fsp3) is 0.857. The van der Waals surface area contributed by atoms with Gasteiger partial charge in [-0.05, 0) is 97.0 Å². The Bertz CT molecular complexity index is 939. The second-order valence-corrected chi connectivity index (χ2v) is 13.4. The smallest absolute Gasteiger partial charge is 0.187 e. The molecule has 0 aromatic heterocycles. The summed E-state index contributed by atoms with van der Waals surface area (Å²) in [6, 6.07) is 0. The van der Waals surface area contributed by atoms with Crippen LogP contribution in [0, 0.1) is 45.3 Å². The lowest BCUT2D eigenvalue weighted by Gasteiger charge is -2.73. The number of ketones is 2. The molecule has 5 aliphatic carbocycles. The van der Waals surface area contributed by atoms with Gasteiger partial charge in [0.1, 0.15) is 12.2 Å². The Morgan fingerprint density at radius 3 is 1.91 bits per heavy atom. The zero-order valence-electron chi connectivity index (χ0n) is 21.1. The third kappa shape index (κ3) is 2.71. The van der Waals surface area contributed by atoms with Crippen LogP contribution in [0.15, 0.2) is 11.1 Å². The summed E-state index contributed by atoms with van der Waals surface area (Å²) in [6.07, 6.45) is 3.10. The quantitative estimate of drug-likeness (QED) is 0.513. The number of aliphatic hydroxyl groups excluding tert-OH is 3. The predicted molar refractivity (Wildman–Crippen MR) is 125 cm³/mol. The molecule has 0 aliphatic heterocycles. The number of fused-ring (bicyclic) bond motifs is 7. The van der Waals surface area contributed by atoms with Gasteiger partial charge >= 0.3 is 0 Å². The van der Waals surface area contributed by atoms with Crippen molar-refractivity contribution in [2.75, 3.05) is 0 Å². The van der Waals surface area contributed by atoms with Crippen LogP contribution in [0.5, 0.6) is 0 Å². The van der Waals surface area contributed by atoms with Crippen molar-refractivity contribution in [3.63, 3.8) is 0 Å². The summed E-state index contributed by atoms with van der Waals surface area (Å²) in [7, 11) is 0. The summed E-state index contributed by atoms with van der Waals surface area (Å²) in [5, 5.41) is 33.0. The summed E-state index contributed by atoms with van der Waals surface area (Å²) in [5.74, 6) is 0.184. The Morgan fingerprint density at radius 2 is 1.30 bits per heavy atom. The van der Waals surface area contributed by atoms with Crippen molar-refractivity contribution in [1.82, 2.24) is 0 Å². The van der Waals surface area contributed by atoms with Gasteiger partial charge in [0.2, 0.25) is 0 Å². The van der Waals surface area contributed by atoms with E-state index in [0.29, 0.717) is 18.4 Å². The lowest BCUT2D eigenvalue weighted by molar-refractivity contribution is -0.247. The van der Waals surface area contributed by atoms with Crippen molar-refractivity contribution in [3.05, 3.63) is 11.1 Å². The highest BCUT2D eigenvalue weighted by molar-refractivity contribution is 6.00. The van der Waals surface area contributed by atoms with Crippen molar-refractivity contribution in [2.24, 2.45) is 45.3 Å². The van der Waals surface area contributed by atoms with Crippen LogP contribution in [0.1, 0.15) is 86.5 Å². The third-order valence-corrected chi connectivity index (χ3v) is 12.3. The first-order valence-electron chi connectivity index (χ1n) is 13.0. The molecule has 11 unspecified atom stereocenters. The average Bonchev–Trinajstić information content (AvgIpc) is 2.76. The molecule has 184 valence electrons. The van der Waals surface area contributed by atoms with E-state index in [4.69, 9.17) is 0 Å². The van der Waals surface area contributed by atoms with Crippen LogP contribution in [-0.2, 0) is 9.59 Å². The number of aliphatic hydroxyl groups is 3. The number of carbonyl (C=O) groups excluding carboxylic acids is 2. The molecule has 5 heteroatoms. The minimum absolute atomic E-state index is 0.000744. The molecule has 5 nitrogen and oxygen atoms in total. The van der Waals surface area contributed by atoms with Crippen molar-refractivity contribution in [3.8, 4) is 0 Å². The summed E-state index contributed by atoms with van der Waals surface area (Å²) in [6.45, 7) is 13.0. The summed E-state index contributed by atoms with van der Waals surface area (Å²) in [5.41, 5.74) is 0.880. The van der Waals surface area contributed by atoms with E-state index in [2.05, 4.69) is 27.7 Å². The van der Waals surface area contributed by atoms with E-state index in [1.54, 1.807) is 6.92 Å². The first kappa shape index (κ1) is 23.7. The molecule has 4 fully saturated rings. The summed E-state index contributed by atoms with van der Waals surface area (Å²) < 4.78 is 0. The van der Waals surface area contributed by atoms with Gasteiger partial charge in [0.15, 0.2) is 11.6 Å². The van der Waals surface area contributed by atoms with Crippen molar-refractivity contribution in [2.45, 2.75) is 105 Å². The molecular formula is C28H42O5. The molecule has 33 heavy (non-hydrogen) atoms. The maximum atomic E-state index is 12.8. The molecule has 11 atom stereocenters. The summed E-state index contributed by atoms with van der Waals surface area (Å²) >= 11 is 0. The molecule has 4 saturated carbocycles. The molecule has 0 aromatic rings. The van der Waals surface area contributed by atoms with Crippen LogP contribution < -0.4 is 0 Å². The normalized spacial score (nSPS) is 56.6. The van der Waals surface area contributed by atoms with Gasteiger partial charge in [0, 0.05) is 11.3 Å². The molecule has 0 amide bonds. The molecule has 5 rings (SSSR count). The zero-order chi connectivity index (χ0) is 24.3. The van der Waals surface area contributed by atoms with Gasteiger partial charge < -0.3 is 15.3 Å². The van der Waals surface area contributed by atoms with Crippen LogP contribution in [-0.4, -0.2) is 45.2 Å². The van der Waals surface area contributed by atoms with E-state index in [9.17, 15) is 24.9 Å². The first-order chi connectivity index (χ1) is 15.2. The van der Waals surface area contributed by atoms with Gasteiger partial charge in [-0.25, -0.2) is 0 Å². The van der Waals surface area contributed by atoms with Gasteiger partial charge in [-0.3, -0.25) is 9.59 Å². The fourth-order valence-electron chi connectivity index (χ4n) is 10.0. The first-order valence-corrected chi connectivity index (χ1v) is 13.0. The number of rotatable bonds is 0. The zero-order valence-corrected chi connectivity index (χ0v) is 21.1. The van der Waals surface area contributed by atoms with Crippen LogP contribution >= 0.6 is 0 Å². The van der Waals surface area contributed by atoms with E-state index in [1.165, 1.54) is 0 Å². The highest BCUT2D eigenvalue weighted by atomic mass is 16.3. The topological polar surface area (TPSA) is 94.8 Å². The van der Waals surface area contributed by atoms with Crippen molar-refractivity contribution >= 4 is 11.6 Å². The predicted octanol–water partition coefficient (Wildman–Crippen LogP) is 3.83. The fourth-order valence-corrected chi connectivity index (χ4v) is 10.0. The van der Waals surface area contributed by atoms with E-state index in [1.807, 2.05) is 6.92 Å². The maximum Gasteiger partial charge on any atom is 0.187 e. The van der Waals surface area contributed by atoms with E-state index < -0.39 is 23.7 Å². The highest BCUT2D eigenvalue weighted by Gasteiger charge is 2.71. The minimum atomic E-state index is -0.974. The molecule has 0 bridgehead atoms. The van der Waals surface area contributed by atoms with Gasteiger partial charge in [0.25, 0.3) is 0 Å². The second-order valence-electron chi connectivity index (χ2n) is 13.4. The van der Waals surface area contributed by atoms with Gasteiger partial charge in [-0.15, -0.1) is 0 Å². The van der Waals surface area contributed by atoms with Gasteiger partial charge in [-0.2, -0.15) is 0 Å². The lowest BCUT2D eigenvalue weighted by Crippen LogP contribution is -2.69. The SMILES string of the molecule is CC1=C2C(O)CC3C(C)(CCC4(C)C5CC(C)C(=O)C(O)C5(C)CCC34C)C2CC(O)C1=O.